The highest BCUT2D eigenvalue weighted by Crippen LogP contribution is 2.20. The highest BCUT2D eigenvalue weighted by molar-refractivity contribution is 6.11. The van der Waals surface area contributed by atoms with Gasteiger partial charge < -0.3 is 10.6 Å². The van der Waals surface area contributed by atoms with Gasteiger partial charge in [-0.1, -0.05) is 12.1 Å². The lowest BCUT2D eigenvalue weighted by atomic mass is 10.1. The molecule has 0 bridgehead atoms. The van der Waals surface area contributed by atoms with Crippen LogP contribution in [0.2, 0.25) is 0 Å². The molecule has 0 unspecified atom stereocenters. The van der Waals surface area contributed by atoms with Crippen molar-refractivity contribution in [3.05, 3.63) is 76.6 Å². The van der Waals surface area contributed by atoms with E-state index in [1.165, 1.54) is 6.20 Å². The van der Waals surface area contributed by atoms with E-state index < -0.39 is 0 Å². The van der Waals surface area contributed by atoms with E-state index in [1.54, 1.807) is 34.7 Å². The van der Waals surface area contributed by atoms with Gasteiger partial charge in [-0.15, -0.1) is 0 Å². The van der Waals surface area contributed by atoms with Crippen LogP contribution in [-0.2, 0) is 20.1 Å². The van der Waals surface area contributed by atoms with Gasteiger partial charge in [0.05, 0.1) is 41.7 Å². The van der Waals surface area contributed by atoms with Crippen LogP contribution >= 0.6 is 0 Å². The van der Waals surface area contributed by atoms with E-state index in [2.05, 4.69) is 25.9 Å². The molecule has 2 N–H and O–H groups in total. The first kappa shape index (κ1) is 23.0. The van der Waals surface area contributed by atoms with E-state index in [4.69, 9.17) is 0 Å². The Balaban J connectivity index is 1.49. The first-order valence-corrected chi connectivity index (χ1v) is 11.0. The predicted octanol–water partition coefficient (Wildman–Crippen LogP) is 3.31. The van der Waals surface area contributed by atoms with Gasteiger partial charge in [0.25, 0.3) is 11.8 Å². The lowest BCUT2D eigenvalue weighted by molar-refractivity contribution is 0.101. The lowest BCUT2D eigenvalue weighted by Crippen LogP contribution is -2.21. The number of amides is 2. The van der Waals surface area contributed by atoms with Crippen LogP contribution in [0.3, 0.4) is 0 Å². The van der Waals surface area contributed by atoms with Gasteiger partial charge in [-0.25, -0.2) is 0 Å². The molecule has 0 spiro atoms. The molecule has 0 aliphatic carbocycles. The van der Waals surface area contributed by atoms with Gasteiger partial charge in [-0.2, -0.15) is 15.3 Å². The number of nitrogens with zero attached hydrogens (tertiary/aromatic N) is 6. The number of benzene rings is 1. The molecule has 0 saturated heterocycles. The average molecular weight is 461 g/mol. The predicted molar refractivity (Wildman–Crippen MR) is 129 cm³/mol. The molecule has 0 aliphatic rings. The minimum atomic E-state index is -0.369. The zero-order valence-electron chi connectivity index (χ0n) is 20.0. The molecule has 0 atom stereocenters. The molecule has 4 aromatic rings. The first-order valence-electron chi connectivity index (χ1n) is 11.0. The van der Waals surface area contributed by atoms with Gasteiger partial charge in [0.1, 0.15) is 5.69 Å². The molecule has 4 rings (SSSR count). The Morgan fingerprint density at radius 1 is 0.912 bits per heavy atom. The van der Waals surface area contributed by atoms with Crippen LogP contribution in [0.1, 0.15) is 50.4 Å². The summed E-state index contributed by atoms with van der Waals surface area (Å²) in [5, 5.41) is 18.6. The molecule has 2 amide bonds. The van der Waals surface area contributed by atoms with Gasteiger partial charge in [-0.05, 0) is 51.5 Å². The molecule has 0 saturated carbocycles. The Morgan fingerprint density at radius 3 is 2.18 bits per heavy atom. The van der Waals surface area contributed by atoms with Gasteiger partial charge in [0, 0.05) is 24.8 Å². The second kappa shape index (κ2) is 9.34. The van der Waals surface area contributed by atoms with Crippen molar-refractivity contribution in [2.45, 2.75) is 40.8 Å². The van der Waals surface area contributed by atoms with Crippen LogP contribution in [0.25, 0.3) is 0 Å². The zero-order valence-corrected chi connectivity index (χ0v) is 20.0. The Bertz CT molecular complexity index is 1340. The summed E-state index contributed by atoms with van der Waals surface area (Å²) >= 11 is 0. The van der Waals surface area contributed by atoms with Gasteiger partial charge in [0.2, 0.25) is 0 Å². The summed E-state index contributed by atoms with van der Waals surface area (Å²) in [4.78, 5) is 26.0. The molecule has 3 heterocycles. The molecule has 10 nitrogen and oxygen atoms in total. The Hall–Kier alpha value is -4.21. The quantitative estimate of drug-likeness (QED) is 0.439. The number of hydrogen-bond donors (Lipinski definition) is 2. The van der Waals surface area contributed by atoms with Crippen LogP contribution in [0.15, 0.2) is 42.7 Å². The molecule has 34 heavy (non-hydrogen) atoms. The second-order valence-electron chi connectivity index (χ2n) is 8.18. The van der Waals surface area contributed by atoms with E-state index in [0.717, 1.165) is 22.6 Å². The molecule has 0 fully saturated rings. The Labute approximate surface area is 197 Å². The van der Waals surface area contributed by atoms with E-state index in [-0.39, 0.29) is 17.5 Å². The molecule has 0 aliphatic heterocycles. The van der Waals surface area contributed by atoms with Crippen LogP contribution in [0.4, 0.5) is 11.4 Å². The molecule has 1 aromatic carbocycles. The number of rotatable bonds is 7. The molecule has 0 radical (unpaired) electrons. The molecular formula is C24H28N8O2. The fourth-order valence-corrected chi connectivity index (χ4v) is 3.72. The number of aryl methyl sites for hydroxylation is 4. The highest BCUT2D eigenvalue weighted by atomic mass is 16.2. The van der Waals surface area contributed by atoms with E-state index in [0.29, 0.717) is 30.0 Å². The van der Waals surface area contributed by atoms with Crippen molar-refractivity contribution in [2.75, 3.05) is 10.6 Å². The largest absolute Gasteiger partial charge is 0.319 e. The van der Waals surface area contributed by atoms with Gasteiger partial charge in [-0.3, -0.25) is 23.6 Å². The monoisotopic (exact) mass is 460 g/mol. The van der Waals surface area contributed by atoms with Crippen molar-refractivity contribution in [1.82, 2.24) is 29.3 Å². The third-order valence-electron chi connectivity index (χ3n) is 5.74. The molecule has 176 valence electrons. The van der Waals surface area contributed by atoms with E-state index in [1.807, 2.05) is 50.6 Å². The number of aromatic nitrogens is 6. The Morgan fingerprint density at radius 2 is 1.59 bits per heavy atom. The van der Waals surface area contributed by atoms with Crippen LogP contribution < -0.4 is 10.6 Å². The van der Waals surface area contributed by atoms with Crippen LogP contribution in [0.5, 0.6) is 0 Å². The highest BCUT2D eigenvalue weighted by Gasteiger charge is 2.21. The zero-order chi connectivity index (χ0) is 24.4. The third kappa shape index (κ3) is 4.61. The van der Waals surface area contributed by atoms with Gasteiger partial charge in [0.15, 0.2) is 0 Å². The van der Waals surface area contributed by atoms with Gasteiger partial charge >= 0.3 is 0 Å². The summed E-state index contributed by atoms with van der Waals surface area (Å²) in [7, 11) is 1.80. The van der Waals surface area contributed by atoms with Crippen molar-refractivity contribution in [3.63, 3.8) is 0 Å². The normalized spacial score (nSPS) is 11.0. The topological polar surface area (TPSA) is 112 Å². The molecule has 3 aromatic heterocycles. The average Bonchev–Trinajstić information content (AvgIpc) is 3.46. The van der Waals surface area contributed by atoms with Crippen molar-refractivity contribution >= 4 is 23.2 Å². The number of carbonyl (C=O) groups excluding carboxylic acids is 2. The fraction of sp³-hybridized carbons (Fsp3) is 0.292. The number of anilines is 2. The van der Waals surface area contributed by atoms with Crippen molar-refractivity contribution in [1.29, 1.82) is 0 Å². The minimum absolute atomic E-state index is 0.278. The fourth-order valence-electron chi connectivity index (χ4n) is 3.72. The maximum Gasteiger partial charge on any atom is 0.276 e. The second-order valence-corrected chi connectivity index (χ2v) is 8.18. The van der Waals surface area contributed by atoms with Crippen molar-refractivity contribution in [2.24, 2.45) is 7.05 Å². The summed E-state index contributed by atoms with van der Waals surface area (Å²) in [6, 6.07) is 9.36. The summed E-state index contributed by atoms with van der Waals surface area (Å²) < 4.78 is 5.15. The third-order valence-corrected chi connectivity index (χ3v) is 5.74. The van der Waals surface area contributed by atoms with Crippen molar-refractivity contribution in [3.8, 4) is 0 Å². The molecular weight excluding hydrogens is 432 g/mol. The standard InChI is InChI=1S/C24H28N8O2/c1-6-31-22(24(34)27-20-12-25-30(5)17(20)4)21(13-26-31)28-23(33)19-9-7-18(8-10-19)14-32-16(3)11-15(2)29-32/h7-13H,6,14H2,1-5H3,(H,27,34)(H,28,33). The summed E-state index contributed by atoms with van der Waals surface area (Å²) in [6.45, 7) is 8.83. The summed E-state index contributed by atoms with van der Waals surface area (Å²) in [5.74, 6) is -0.689. The van der Waals surface area contributed by atoms with Crippen molar-refractivity contribution < 1.29 is 9.59 Å². The SMILES string of the molecule is CCn1ncc(NC(=O)c2ccc(Cn3nc(C)cc3C)cc2)c1C(=O)Nc1cnn(C)c1C. The van der Waals surface area contributed by atoms with E-state index >= 15 is 0 Å². The van der Waals surface area contributed by atoms with E-state index in [9.17, 15) is 9.59 Å². The summed E-state index contributed by atoms with van der Waals surface area (Å²) in [5.41, 5.74) is 5.62. The maximum absolute atomic E-state index is 13.0. The lowest BCUT2D eigenvalue weighted by Gasteiger charge is -2.10. The smallest absolute Gasteiger partial charge is 0.276 e. The number of hydrogen-bond acceptors (Lipinski definition) is 5. The molecule has 10 heteroatoms. The Kier molecular flexibility index (Phi) is 6.31. The van der Waals surface area contributed by atoms with Crippen LogP contribution in [0, 0.1) is 20.8 Å². The summed E-state index contributed by atoms with van der Waals surface area (Å²) in [6.07, 6.45) is 3.08. The first-order chi connectivity index (χ1) is 16.3. The minimum Gasteiger partial charge on any atom is -0.319 e. The number of nitrogens with one attached hydrogen (secondary N) is 2. The number of carbonyl (C=O) groups is 2. The van der Waals surface area contributed by atoms with Crippen LogP contribution in [-0.4, -0.2) is 41.2 Å². The maximum atomic E-state index is 13.0.